The third-order valence-electron chi connectivity index (χ3n) is 5.50. The monoisotopic (exact) mass is 402 g/mol. The molecule has 0 bridgehead atoms. The van der Waals surface area contributed by atoms with Crippen LogP contribution in [0.25, 0.3) is 0 Å². The maximum atomic E-state index is 12.4. The number of piperidine rings is 1. The minimum atomic E-state index is -0.743. The number of aryl methyl sites for hydroxylation is 2. The summed E-state index contributed by atoms with van der Waals surface area (Å²) in [5, 5.41) is 2.81. The second-order valence-corrected chi connectivity index (χ2v) is 8.50. The Morgan fingerprint density at radius 1 is 1.14 bits per heavy atom. The summed E-state index contributed by atoms with van der Waals surface area (Å²) in [6.45, 7) is 4.57. The van der Waals surface area contributed by atoms with Gasteiger partial charge in [-0.05, 0) is 50.3 Å². The molecule has 1 N–H and O–H groups in total. The van der Waals surface area contributed by atoms with Crippen LogP contribution >= 0.6 is 11.8 Å². The van der Waals surface area contributed by atoms with Gasteiger partial charge in [0.15, 0.2) is 11.6 Å². The molecule has 1 amide bonds. The van der Waals surface area contributed by atoms with Gasteiger partial charge in [0.1, 0.15) is 6.04 Å². The molecule has 6 nitrogen and oxygen atoms in total. The Labute approximate surface area is 169 Å². The molecule has 2 unspecified atom stereocenters. The Kier molecular flexibility index (Phi) is 6.67. The van der Waals surface area contributed by atoms with E-state index in [0.717, 1.165) is 35.7 Å². The molecule has 2 heterocycles. The summed E-state index contributed by atoms with van der Waals surface area (Å²) in [4.78, 5) is 50.8. The quantitative estimate of drug-likeness (QED) is 0.581. The first-order valence-corrected chi connectivity index (χ1v) is 10.7. The summed E-state index contributed by atoms with van der Waals surface area (Å²) in [6, 6.07) is 4.82. The van der Waals surface area contributed by atoms with Gasteiger partial charge in [-0.1, -0.05) is 23.9 Å². The predicted octanol–water partition coefficient (Wildman–Crippen LogP) is 2.41. The van der Waals surface area contributed by atoms with Crippen molar-refractivity contribution in [2.75, 3.05) is 12.3 Å². The summed E-state index contributed by atoms with van der Waals surface area (Å²) in [7, 11) is 0. The Morgan fingerprint density at radius 2 is 1.93 bits per heavy atom. The van der Waals surface area contributed by atoms with Crippen molar-refractivity contribution in [1.29, 1.82) is 0 Å². The van der Waals surface area contributed by atoms with Crippen molar-refractivity contribution in [1.82, 2.24) is 10.2 Å². The van der Waals surface area contributed by atoms with E-state index in [0.29, 0.717) is 18.5 Å². The number of benzene rings is 1. The van der Waals surface area contributed by atoms with Gasteiger partial charge in [0.25, 0.3) is 0 Å². The van der Waals surface area contributed by atoms with E-state index in [4.69, 9.17) is 0 Å². The molecule has 2 aliphatic heterocycles. The molecular weight excluding hydrogens is 376 g/mol. The normalized spacial score (nSPS) is 23.1. The highest BCUT2D eigenvalue weighted by Crippen LogP contribution is 2.27. The van der Waals surface area contributed by atoms with Gasteiger partial charge >= 0.3 is 0 Å². The topological polar surface area (TPSA) is 83.6 Å². The molecule has 2 saturated heterocycles. The predicted molar refractivity (Wildman–Crippen MR) is 108 cm³/mol. The molecule has 0 aromatic heterocycles. The van der Waals surface area contributed by atoms with Gasteiger partial charge in [0, 0.05) is 24.9 Å². The van der Waals surface area contributed by atoms with Crippen molar-refractivity contribution in [3.8, 4) is 0 Å². The second kappa shape index (κ2) is 9.01. The zero-order valence-corrected chi connectivity index (χ0v) is 17.1. The van der Waals surface area contributed by atoms with Crippen molar-refractivity contribution in [2.24, 2.45) is 0 Å². The van der Waals surface area contributed by atoms with Crippen LogP contribution in [0.15, 0.2) is 18.2 Å². The zero-order valence-electron chi connectivity index (χ0n) is 16.3. The summed E-state index contributed by atoms with van der Waals surface area (Å²) >= 11 is 1.05. The Balaban J connectivity index is 1.56. The lowest BCUT2D eigenvalue weighted by molar-refractivity contribution is -0.133. The van der Waals surface area contributed by atoms with Crippen LogP contribution in [-0.4, -0.2) is 52.0 Å². The van der Waals surface area contributed by atoms with E-state index in [-0.39, 0.29) is 47.3 Å². The van der Waals surface area contributed by atoms with Gasteiger partial charge in [-0.15, -0.1) is 0 Å². The van der Waals surface area contributed by atoms with Gasteiger partial charge < -0.3 is 5.32 Å². The number of Topliss-reactive ketones (excluding diaryl/α,β-unsaturated/α-hetero) is 2. The molecule has 0 saturated carbocycles. The number of amides is 1. The average Bonchev–Trinajstić information content (AvgIpc) is 3.01. The first kappa shape index (κ1) is 20.7. The van der Waals surface area contributed by atoms with Gasteiger partial charge in [0.2, 0.25) is 11.0 Å². The van der Waals surface area contributed by atoms with Crippen LogP contribution in [0.3, 0.4) is 0 Å². The molecule has 2 aliphatic rings. The van der Waals surface area contributed by atoms with Crippen molar-refractivity contribution in [3.05, 3.63) is 34.9 Å². The van der Waals surface area contributed by atoms with Gasteiger partial charge in [0.05, 0.1) is 11.9 Å². The molecule has 0 radical (unpaired) electrons. The minimum absolute atomic E-state index is 0.0590. The summed E-state index contributed by atoms with van der Waals surface area (Å²) in [5.74, 6) is -0.150. The van der Waals surface area contributed by atoms with Crippen LogP contribution in [0.4, 0.5) is 0 Å². The first-order chi connectivity index (χ1) is 13.4. The van der Waals surface area contributed by atoms with Crippen LogP contribution in [0.1, 0.15) is 53.6 Å². The Bertz CT molecular complexity index is 792. The first-order valence-electron chi connectivity index (χ1n) is 9.71. The average molecular weight is 403 g/mol. The van der Waals surface area contributed by atoms with E-state index >= 15 is 0 Å². The lowest BCUT2D eigenvalue weighted by Crippen LogP contribution is -2.57. The lowest BCUT2D eigenvalue weighted by atomic mass is 10.0. The van der Waals surface area contributed by atoms with Gasteiger partial charge in [-0.25, -0.2) is 0 Å². The zero-order chi connectivity index (χ0) is 20.3. The highest BCUT2D eigenvalue weighted by Gasteiger charge is 2.42. The third kappa shape index (κ3) is 4.70. The fourth-order valence-corrected chi connectivity index (χ4v) is 4.58. The molecule has 2 fully saturated rings. The van der Waals surface area contributed by atoms with E-state index in [9.17, 15) is 19.2 Å². The maximum Gasteiger partial charge on any atom is 0.221 e. The van der Waals surface area contributed by atoms with E-state index in [2.05, 4.69) is 5.32 Å². The van der Waals surface area contributed by atoms with E-state index in [1.54, 1.807) is 6.07 Å². The highest BCUT2D eigenvalue weighted by atomic mass is 32.2. The van der Waals surface area contributed by atoms with Crippen molar-refractivity contribution in [3.63, 3.8) is 0 Å². The molecule has 150 valence electrons. The SMILES string of the molecule is Cc1ccc(C(=O)CCC(=O)NC2CCCCN2C2C(=O)CSC2=O)cc1C. The van der Waals surface area contributed by atoms with Crippen molar-refractivity contribution in [2.45, 2.75) is 58.2 Å². The van der Waals surface area contributed by atoms with Crippen LogP contribution in [0.5, 0.6) is 0 Å². The van der Waals surface area contributed by atoms with E-state index < -0.39 is 6.04 Å². The number of ketones is 2. The number of likely N-dealkylation sites (tertiary alicyclic amines) is 1. The lowest BCUT2D eigenvalue weighted by Gasteiger charge is -2.38. The number of hydrogen-bond acceptors (Lipinski definition) is 6. The minimum Gasteiger partial charge on any atom is -0.341 e. The van der Waals surface area contributed by atoms with Crippen LogP contribution < -0.4 is 5.32 Å². The Hall–Kier alpha value is -1.99. The largest absolute Gasteiger partial charge is 0.341 e. The molecule has 28 heavy (non-hydrogen) atoms. The number of carbonyl (C=O) groups excluding carboxylic acids is 4. The van der Waals surface area contributed by atoms with Crippen molar-refractivity contribution >= 4 is 34.4 Å². The van der Waals surface area contributed by atoms with Gasteiger partial charge in [-0.2, -0.15) is 0 Å². The number of nitrogens with one attached hydrogen (secondary N) is 1. The summed E-state index contributed by atoms with van der Waals surface area (Å²) in [5.41, 5.74) is 2.80. The molecule has 3 rings (SSSR count). The smallest absolute Gasteiger partial charge is 0.221 e. The van der Waals surface area contributed by atoms with Crippen LogP contribution in [0.2, 0.25) is 0 Å². The fourth-order valence-electron chi connectivity index (χ4n) is 3.71. The Morgan fingerprint density at radius 3 is 2.61 bits per heavy atom. The third-order valence-corrected chi connectivity index (χ3v) is 6.43. The molecule has 2 atom stereocenters. The highest BCUT2D eigenvalue weighted by molar-refractivity contribution is 8.15. The number of thioether (sulfide) groups is 1. The molecule has 7 heteroatoms. The van der Waals surface area contributed by atoms with Crippen molar-refractivity contribution < 1.29 is 19.2 Å². The number of carbonyl (C=O) groups is 4. The number of rotatable bonds is 6. The second-order valence-electron chi connectivity index (χ2n) is 7.52. The fraction of sp³-hybridized carbons (Fsp3) is 0.524. The molecule has 0 spiro atoms. The van der Waals surface area contributed by atoms with Crippen LogP contribution in [-0.2, 0) is 14.4 Å². The van der Waals surface area contributed by atoms with Gasteiger partial charge in [-0.3, -0.25) is 24.1 Å². The number of nitrogens with zero attached hydrogens (tertiary/aromatic N) is 1. The molecular formula is C21H26N2O4S. The standard InChI is InChI=1S/C21H26N2O4S/c1-13-6-7-15(11-14(13)2)16(24)8-9-19(26)22-18-5-3-4-10-23(18)20-17(25)12-28-21(20)27/h6-7,11,18,20H,3-5,8-10,12H2,1-2H3,(H,22,26). The van der Waals surface area contributed by atoms with E-state index in [1.165, 1.54) is 0 Å². The van der Waals surface area contributed by atoms with Crippen LogP contribution in [0, 0.1) is 13.8 Å². The summed E-state index contributed by atoms with van der Waals surface area (Å²) in [6.07, 6.45) is 2.45. The summed E-state index contributed by atoms with van der Waals surface area (Å²) < 4.78 is 0. The molecule has 1 aromatic rings. The molecule has 0 aliphatic carbocycles. The van der Waals surface area contributed by atoms with E-state index in [1.807, 2.05) is 30.9 Å². The maximum absolute atomic E-state index is 12.4. The molecule has 1 aromatic carbocycles. The number of hydrogen-bond donors (Lipinski definition) is 1.